The second kappa shape index (κ2) is 9.02. The normalized spacial score (nSPS) is 18.9. The summed E-state index contributed by atoms with van der Waals surface area (Å²) in [5, 5.41) is 12.2. The highest BCUT2D eigenvalue weighted by Crippen LogP contribution is 2.32. The molecular formula is C19H29FN2O2. The molecule has 0 radical (unpaired) electrons. The molecule has 1 aliphatic rings. The van der Waals surface area contributed by atoms with Crippen molar-refractivity contribution < 1.29 is 14.3 Å². The van der Waals surface area contributed by atoms with E-state index in [-0.39, 0.29) is 30.4 Å². The molecule has 0 spiro atoms. The molecule has 0 saturated carbocycles. The monoisotopic (exact) mass is 336 g/mol. The zero-order chi connectivity index (χ0) is 17.5. The molecule has 1 aliphatic heterocycles. The number of carbonyl (C=O) groups excluding carboxylic acids is 1. The predicted octanol–water partition coefficient (Wildman–Crippen LogP) is 3.72. The van der Waals surface area contributed by atoms with Crippen LogP contribution in [0.4, 0.5) is 9.18 Å². The van der Waals surface area contributed by atoms with Gasteiger partial charge in [-0.15, -0.1) is 0 Å². The summed E-state index contributed by atoms with van der Waals surface area (Å²) in [6.45, 7) is 5.70. The third kappa shape index (κ3) is 5.20. The zero-order valence-electron chi connectivity index (χ0n) is 14.7. The van der Waals surface area contributed by atoms with Gasteiger partial charge in [0, 0.05) is 19.7 Å². The molecule has 1 aromatic carbocycles. The van der Waals surface area contributed by atoms with Crippen LogP contribution in [0.5, 0.6) is 0 Å². The molecule has 2 amide bonds. The van der Waals surface area contributed by atoms with E-state index in [9.17, 15) is 14.3 Å². The smallest absolute Gasteiger partial charge is 0.317 e. The van der Waals surface area contributed by atoms with Gasteiger partial charge in [-0.1, -0.05) is 26.0 Å². The summed E-state index contributed by atoms with van der Waals surface area (Å²) < 4.78 is 13.5. The van der Waals surface area contributed by atoms with Crippen molar-refractivity contribution in [1.82, 2.24) is 10.2 Å². The highest BCUT2D eigenvalue weighted by Gasteiger charge is 2.30. The largest absolute Gasteiger partial charge is 0.396 e. The minimum atomic E-state index is -0.264. The van der Waals surface area contributed by atoms with E-state index in [1.807, 2.05) is 6.07 Å². The number of amides is 2. The van der Waals surface area contributed by atoms with Gasteiger partial charge in [-0.25, -0.2) is 9.18 Å². The summed E-state index contributed by atoms with van der Waals surface area (Å²) >= 11 is 0. The van der Waals surface area contributed by atoms with Crippen LogP contribution in [-0.2, 0) is 0 Å². The van der Waals surface area contributed by atoms with Crippen molar-refractivity contribution in [2.45, 2.75) is 45.6 Å². The lowest BCUT2D eigenvalue weighted by molar-refractivity contribution is 0.186. The molecule has 1 saturated heterocycles. The summed E-state index contributed by atoms with van der Waals surface area (Å²) in [5.41, 5.74) is 0.858. The van der Waals surface area contributed by atoms with Gasteiger partial charge in [0.05, 0.1) is 6.04 Å². The molecule has 2 unspecified atom stereocenters. The average Bonchev–Trinajstić information content (AvgIpc) is 3.01. The summed E-state index contributed by atoms with van der Waals surface area (Å²) in [6.07, 6.45) is 3.48. The van der Waals surface area contributed by atoms with Crippen LogP contribution >= 0.6 is 0 Å². The van der Waals surface area contributed by atoms with Crippen molar-refractivity contribution in [3.8, 4) is 0 Å². The highest BCUT2D eigenvalue weighted by molar-refractivity contribution is 5.75. The van der Waals surface area contributed by atoms with Crippen LogP contribution in [-0.4, -0.2) is 35.7 Å². The molecule has 4 nitrogen and oxygen atoms in total. The Balaban J connectivity index is 1.95. The first-order valence-corrected chi connectivity index (χ1v) is 8.92. The SMILES string of the molecule is CC(C)CC(CCO)CNC(=O)N1CCCC1c1cccc(F)c1. The highest BCUT2D eigenvalue weighted by atomic mass is 19.1. The van der Waals surface area contributed by atoms with Crippen molar-refractivity contribution in [2.75, 3.05) is 19.7 Å². The van der Waals surface area contributed by atoms with Crippen molar-refractivity contribution in [1.29, 1.82) is 0 Å². The van der Waals surface area contributed by atoms with Gasteiger partial charge in [0.2, 0.25) is 0 Å². The van der Waals surface area contributed by atoms with Crippen LogP contribution in [0, 0.1) is 17.7 Å². The molecule has 2 rings (SSSR count). The van der Waals surface area contributed by atoms with Gasteiger partial charge in [0.25, 0.3) is 0 Å². The van der Waals surface area contributed by atoms with E-state index in [0.717, 1.165) is 24.8 Å². The van der Waals surface area contributed by atoms with E-state index in [2.05, 4.69) is 19.2 Å². The molecule has 0 aromatic heterocycles. The number of benzene rings is 1. The van der Waals surface area contributed by atoms with Crippen molar-refractivity contribution in [2.24, 2.45) is 11.8 Å². The zero-order valence-corrected chi connectivity index (χ0v) is 14.7. The second-order valence-corrected chi connectivity index (χ2v) is 7.10. The third-order valence-corrected chi connectivity index (χ3v) is 4.63. The lowest BCUT2D eigenvalue weighted by Crippen LogP contribution is -2.41. The number of aliphatic hydroxyl groups is 1. The Morgan fingerprint density at radius 3 is 2.92 bits per heavy atom. The number of likely N-dealkylation sites (tertiary alicyclic amines) is 1. The number of urea groups is 1. The molecule has 2 atom stereocenters. The van der Waals surface area contributed by atoms with E-state index < -0.39 is 0 Å². The average molecular weight is 336 g/mol. The van der Waals surface area contributed by atoms with Crippen molar-refractivity contribution in [3.05, 3.63) is 35.6 Å². The van der Waals surface area contributed by atoms with E-state index >= 15 is 0 Å². The Kier molecular flexibility index (Phi) is 7.03. The van der Waals surface area contributed by atoms with Crippen LogP contribution in [0.15, 0.2) is 24.3 Å². The van der Waals surface area contributed by atoms with Gasteiger partial charge in [0.1, 0.15) is 5.82 Å². The molecule has 1 aromatic rings. The molecule has 24 heavy (non-hydrogen) atoms. The van der Waals surface area contributed by atoms with Crippen molar-refractivity contribution >= 4 is 6.03 Å². The number of halogens is 1. The van der Waals surface area contributed by atoms with Gasteiger partial charge in [-0.05, 0) is 55.2 Å². The summed E-state index contributed by atoms with van der Waals surface area (Å²) in [4.78, 5) is 14.4. The minimum Gasteiger partial charge on any atom is -0.396 e. The van der Waals surface area contributed by atoms with Gasteiger partial charge >= 0.3 is 6.03 Å². The topological polar surface area (TPSA) is 52.6 Å². The van der Waals surface area contributed by atoms with E-state index in [1.54, 1.807) is 11.0 Å². The van der Waals surface area contributed by atoms with Crippen LogP contribution in [0.2, 0.25) is 0 Å². The molecule has 1 heterocycles. The fraction of sp³-hybridized carbons (Fsp3) is 0.632. The maximum atomic E-state index is 13.5. The lowest BCUT2D eigenvalue weighted by Gasteiger charge is -2.27. The number of nitrogens with one attached hydrogen (secondary N) is 1. The summed E-state index contributed by atoms with van der Waals surface area (Å²) in [7, 11) is 0. The van der Waals surface area contributed by atoms with Gasteiger partial charge in [-0.2, -0.15) is 0 Å². The number of aliphatic hydroxyl groups excluding tert-OH is 1. The van der Waals surface area contributed by atoms with Crippen LogP contribution in [0.25, 0.3) is 0 Å². The first-order valence-electron chi connectivity index (χ1n) is 8.92. The molecule has 5 heteroatoms. The molecule has 0 aliphatic carbocycles. The second-order valence-electron chi connectivity index (χ2n) is 7.10. The summed E-state index contributed by atoms with van der Waals surface area (Å²) in [5.74, 6) is 0.555. The number of carbonyl (C=O) groups is 1. The Morgan fingerprint density at radius 1 is 1.46 bits per heavy atom. The maximum Gasteiger partial charge on any atom is 0.317 e. The quantitative estimate of drug-likeness (QED) is 0.797. The van der Waals surface area contributed by atoms with E-state index in [0.29, 0.717) is 25.4 Å². The third-order valence-electron chi connectivity index (χ3n) is 4.63. The Hall–Kier alpha value is -1.62. The Labute approximate surface area is 144 Å². The fourth-order valence-electron chi connectivity index (χ4n) is 3.56. The van der Waals surface area contributed by atoms with Crippen LogP contribution < -0.4 is 5.32 Å². The maximum absolute atomic E-state index is 13.5. The van der Waals surface area contributed by atoms with Crippen LogP contribution in [0.3, 0.4) is 0 Å². The molecule has 1 fully saturated rings. The molecule has 134 valence electrons. The predicted molar refractivity (Wildman–Crippen MR) is 93.1 cm³/mol. The molecular weight excluding hydrogens is 307 g/mol. The number of nitrogens with zero attached hydrogens (tertiary/aromatic N) is 1. The van der Waals surface area contributed by atoms with Gasteiger partial charge in [0.15, 0.2) is 0 Å². The minimum absolute atomic E-state index is 0.0536. The Bertz CT molecular complexity index is 536. The van der Waals surface area contributed by atoms with Crippen LogP contribution in [0.1, 0.15) is 51.1 Å². The van der Waals surface area contributed by atoms with Crippen molar-refractivity contribution in [3.63, 3.8) is 0 Å². The molecule has 0 bridgehead atoms. The Morgan fingerprint density at radius 2 is 2.25 bits per heavy atom. The number of hydrogen-bond acceptors (Lipinski definition) is 2. The fourth-order valence-corrected chi connectivity index (χ4v) is 3.56. The van der Waals surface area contributed by atoms with E-state index in [4.69, 9.17) is 0 Å². The first-order chi connectivity index (χ1) is 11.5. The molecule has 2 N–H and O–H groups in total. The summed E-state index contributed by atoms with van der Waals surface area (Å²) in [6, 6.07) is 6.37. The number of hydrogen-bond donors (Lipinski definition) is 2. The first kappa shape index (κ1) is 18.7. The standard InChI is InChI=1S/C19H29FN2O2/c1-14(2)11-15(8-10-23)13-21-19(24)22-9-4-7-18(22)16-5-3-6-17(20)12-16/h3,5-6,12,14-15,18,23H,4,7-11,13H2,1-2H3,(H,21,24). The lowest BCUT2D eigenvalue weighted by atomic mass is 9.94. The van der Waals surface area contributed by atoms with E-state index in [1.165, 1.54) is 12.1 Å². The van der Waals surface area contributed by atoms with Gasteiger partial charge in [-0.3, -0.25) is 0 Å². The van der Waals surface area contributed by atoms with Gasteiger partial charge < -0.3 is 15.3 Å². The number of rotatable bonds is 7.